The van der Waals surface area contributed by atoms with Crippen LogP contribution in [0.4, 0.5) is 35.1 Å². The summed E-state index contributed by atoms with van der Waals surface area (Å²) in [4.78, 5) is 16.4. The van der Waals surface area contributed by atoms with Gasteiger partial charge in [-0.15, -0.1) is 0 Å². The van der Waals surface area contributed by atoms with Crippen LogP contribution in [0.3, 0.4) is 0 Å². The summed E-state index contributed by atoms with van der Waals surface area (Å²) in [5.74, 6) is -5.71. The van der Waals surface area contributed by atoms with Crippen LogP contribution in [0.5, 0.6) is 0 Å². The minimum atomic E-state index is -5.92. The molecule has 3 N–H and O–H groups in total. The molecule has 2 aromatic rings. The van der Waals surface area contributed by atoms with E-state index in [1.165, 1.54) is 26.1 Å². The van der Waals surface area contributed by atoms with Crippen molar-refractivity contribution in [2.45, 2.75) is 51.2 Å². The van der Waals surface area contributed by atoms with E-state index in [4.69, 9.17) is 5.41 Å². The third kappa shape index (κ3) is 5.51. The molecule has 0 saturated heterocycles. The Bertz CT molecular complexity index is 1140. The molecule has 0 aromatic carbocycles. The molecular formula is C18H19F8N5O2. The van der Waals surface area contributed by atoms with Crippen molar-refractivity contribution in [3.63, 3.8) is 0 Å². The smallest absolute Gasteiger partial charge is 0.389 e. The highest BCUT2D eigenvalue weighted by Crippen LogP contribution is 2.35. The molecule has 184 valence electrons. The highest BCUT2D eigenvalue weighted by molar-refractivity contribution is 6.08. The minimum absolute atomic E-state index is 0.194. The number of aliphatic hydroxyl groups is 1. The topological polar surface area (TPSA) is 95.4 Å². The van der Waals surface area contributed by atoms with Crippen molar-refractivity contribution in [3.8, 4) is 0 Å². The first-order valence-electron chi connectivity index (χ1n) is 9.11. The van der Waals surface area contributed by atoms with Gasteiger partial charge in [0.15, 0.2) is 5.69 Å². The zero-order valence-electron chi connectivity index (χ0n) is 17.4. The second-order valence-corrected chi connectivity index (χ2v) is 7.80. The number of alkyl halides is 8. The Morgan fingerprint density at radius 1 is 1.18 bits per heavy atom. The van der Waals surface area contributed by atoms with E-state index in [1.807, 2.05) is 0 Å². The number of nitrogens with zero attached hydrogens (tertiary/aromatic N) is 3. The monoisotopic (exact) mass is 489 g/mol. The minimum Gasteiger partial charge on any atom is -0.389 e. The first kappa shape index (κ1) is 26.3. The fourth-order valence-electron chi connectivity index (χ4n) is 2.87. The summed E-state index contributed by atoms with van der Waals surface area (Å²) >= 11 is 0. The van der Waals surface area contributed by atoms with Crippen molar-refractivity contribution in [2.75, 3.05) is 6.54 Å². The predicted molar refractivity (Wildman–Crippen MR) is 101 cm³/mol. The molecule has 0 aliphatic carbocycles. The highest BCUT2D eigenvalue weighted by atomic mass is 19.4. The highest BCUT2D eigenvalue weighted by Gasteiger charge is 2.57. The van der Waals surface area contributed by atoms with E-state index in [0.29, 0.717) is 4.40 Å². The number of aryl methyl sites for hydroxylation is 1. The maximum atomic E-state index is 13.7. The van der Waals surface area contributed by atoms with Crippen LogP contribution in [-0.4, -0.2) is 49.5 Å². The first-order valence-corrected chi connectivity index (χ1v) is 9.11. The summed E-state index contributed by atoms with van der Waals surface area (Å²) in [6.45, 7) is 1.91. The van der Waals surface area contributed by atoms with Gasteiger partial charge in [-0.3, -0.25) is 9.20 Å². The molecule has 15 heteroatoms. The second-order valence-electron chi connectivity index (χ2n) is 7.80. The van der Waals surface area contributed by atoms with Gasteiger partial charge < -0.3 is 20.4 Å². The van der Waals surface area contributed by atoms with Gasteiger partial charge in [0.2, 0.25) is 5.78 Å². The normalized spacial score (nSPS) is 14.1. The molecule has 7 nitrogen and oxygen atoms in total. The number of rotatable bonds is 7. The van der Waals surface area contributed by atoms with Crippen molar-refractivity contribution < 1.29 is 40.2 Å². The van der Waals surface area contributed by atoms with Gasteiger partial charge in [0.25, 0.3) is 5.56 Å². The van der Waals surface area contributed by atoms with Gasteiger partial charge in [-0.1, -0.05) is 0 Å². The van der Waals surface area contributed by atoms with E-state index in [0.717, 1.165) is 10.8 Å². The Kier molecular flexibility index (Phi) is 6.71. The maximum absolute atomic E-state index is 13.7. The van der Waals surface area contributed by atoms with Gasteiger partial charge in [-0.05, 0) is 20.8 Å². The van der Waals surface area contributed by atoms with Crippen LogP contribution in [0, 0.1) is 12.3 Å². The number of halogens is 8. The van der Waals surface area contributed by atoms with Gasteiger partial charge in [0.05, 0.1) is 24.3 Å². The fourth-order valence-corrected chi connectivity index (χ4v) is 2.87. The number of hydrogen-bond donors (Lipinski definition) is 3. The maximum Gasteiger partial charge on any atom is 0.455 e. The molecule has 0 fully saturated rings. The molecule has 0 atom stereocenters. The fraction of sp³-hybridized carbons (Fsp3) is 0.500. The summed E-state index contributed by atoms with van der Waals surface area (Å²) in [6, 6.07) is 0. The quantitative estimate of drug-likeness (QED) is 0.411. The van der Waals surface area contributed by atoms with Crippen LogP contribution in [0.25, 0.3) is 11.4 Å². The van der Waals surface area contributed by atoms with Crippen molar-refractivity contribution in [1.29, 1.82) is 5.41 Å². The van der Waals surface area contributed by atoms with Crippen LogP contribution in [0.2, 0.25) is 0 Å². The van der Waals surface area contributed by atoms with Gasteiger partial charge >= 0.3 is 18.3 Å². The Hall–Kier alpha value is -2.97. The predicted octanol–water partition coefficient (Wildman–Crippen LogP) is 3.37. The third-order valence-electron chi connectivity index (χ3n) is 4.33. The van der Waals surface area contributed by atoms with Crippen molar-refractivity contribution >= 4 is 17.6 Å². The molecule has 2 aromatic heterocycles. The molecule has 0 unspecified atom stereocenters. The Labute approximate surface area is 180 Å². The molecule has 0 bridgehead atoms. The number of allylic oxidation sites excluding steroid dienone is 1. The standard InChI is InChI=1S/C18H19F8N5O2/c1-9-6-30-13(32)11(10(4-27)5-28-7-16(19,20)18(24,25)26)12(17(21,22)23)29-14(30)31(9)8-15(2,3)33/h4-6,27-28,33H,7-8H2,1-3H3/b10-5+,27-4?. The van der Waals surface area contributed by atoms with Gasteiger partial charge in [-0.25, -0.2) is 4.98 Å². The van der Waals surface area contributed by atoms with Gasteiger partial charge in [0, 0.05) is 29.9 Å². The second kappa shape index (κ2) is 8.43. The van der Waals surface area contributed by atoms with Crippen LogP contribution < -0.4 is 10.9 Å². The van der Waals surface area contributed by atoms with Gasteiger partial charge in [-0.2, -0.15) is 35.1 Å². The Balaban J connectivity index is 2.71. The van der Waals surface area contributed by atoms with Crippen LogP contribution in [0.15, 0.2) is 17.2 Å². The Morgan fingerprint density at radius 3 is 2.21 bits per heavy atom. The molecule has 33 heavy (non-hydrogen) atoms. The summed E-state index contributed by atoms with van der Waals surface area (Å²) in [6.07, 6.45) is -9.57. The number of imidazole rings is 1. The number of aromatic nitrogens is 3. The summed E-state index contributed by atoms with van der Waals surface area (Å²) in [5.41, 5.74) is -6.41. The molecule has 0 aliphatic rings. The van der Waals surface area contributed by atoms with E-state index < -0.39 is 58.6 Å². The number of hydrogen-bond acceptors (Lipinski definition) is 5. The molecular weight excluding hydrogens is 470 g/mol. The lowest BCUT2D eigenvalue weighted by atomic mass is 10.1. The van der Waals surface area contributed by atoms with Gasteiger partial charge in [0.1, 0.15) is 0 Å². The van der Waals surface area contributed by atoms with E-state index in [-0.39, 0.29) is 24.7 Å². The van der Waals surface area contributed by atoms with Crippen molar-refractivity contribution in [1.82, 2.24) is 19.3 Å². The zero-order valence-corrected chi connectivity index (χ0v) is 17.4. The molecule has 0 radical (unpaired) electrons. The molecule has 0 amide bonds. The summed E-state index contributed by atoms with van der Waals surface area (Å²) in [5, 5.41) is 18.8. The molecule has 2 rings (SSSR count). The van der Waals surface area contributed by atoms with Crippen LogP contribution >= 0.6 is 0 Å². The van der Waals surface area contributed by atoms with Crippen molar-refractivity contribution in [3.05, 3.63) is 39.7 Å². The van der Waals surface area contributed by atoms with Crippen molar-refractivity contribution in [2.24, 2.45) is 0 Å². The first-order chi connectivity index (χ1) is 14.8. The average Bonchev–Trinajstić information content (AvgIpc) is 2.92. The lowest BCUT2D eigenvalue weighted by Gasteiger charge is -2.20. The van der Waals surface area contributed by atoms with Crippen LogP contribution in [0.1, 0.15) is 30.8 Å². The lowest BCUT2D eigenvalue weighted by Crippen LogP contribution is -2.44. The molecule has 0 saturated carbocycles. The summed E-state index contributed by atoms with van der Waals surface area (Å²) < 4.78 is 106. The van der Waals surface area contributed by atoms with E-state index in [9.17, 15) is 45.0 Å². The largest absolute Gasteiger partial charge is 0.455 e. The SMILES string of the molecule is Cc1cn2c(=O)c(/C(C=N)=C/NCC(F)(F)C(F)(F)F)c(C(F)(F)F)nc2n1CC(C)(C)O. The zero-order chi connectivity index (χ0) is 25.6. The third-order valence-corrected chi connectivity index (χ3v) is 4.33. The number of nitrogens with one attached hydrogen (secondary N) is 2. The molecule has 2 heterocycles. The Morgan fingerprint density at radius 2 is 1.76 bits per heavy atom. The average molecular weight is 489 g/mol. The molecule has 0 aliphatic heterocycles. The summed E-state index contributed by atoms with van der Waals surface area (Å²) in [7, 11) is 0. The van der Waals surface area contributed by atoms with E-state index in [2.05, 4.69) is 4.98 Å². The van der Waals surface area contributed by atoms with E-state index in [1.54, 1.807) is 0 Å². The molecule has 0 spiro atoms. The lowest BCUT2D eigenvalue weighted by molar-refractivity contribution is -0.278. The van der Waals surface area contributed by atoms with Crippen LogP contribution in [-0.2, 0) is 12.7 Å². The number of fused-ring (bicyclic) bond motifs is 1. The van der Waals surface area contributed by atoms with E-state index >= 15 is 0 Å².